The van der Waals surface area contributed by atoms with E-state index in [9.17, 15) is 0 Å². The van der Waals surface area contributed by atoms with E-state index in [1.807, 2.05) is 0 Å². The Morgan fingerprint density at radius 2 is 2.00 bits per heavy atom. The van der Waals surface area contributed by atoms with Gasteiger partial charge in [-0.05, 0) is 56.3 Å². The molecule has 0 radical (unpaired) electrons. The Bertz CT molecular complexity index is 455. The van der Waals surface area contributed by atoms with Gasteiger partial charge in [-0.3, -0.25) is 0 Å². The minimum Gasteiger partial charge on any atom is -0.309 e. The van der Waals surface area contributed by atoms with Gasteiger partial charge in [0.05, 0.1) is 0 Å². The second-order valence-electron chi connectivity index (χ2n) is 6.97. The first kappa shape index (κ1) is 16.5. The molecular formula is C19H32N2. The first-order valence-electron chi connectivity index (χ1n) is 8.54. The Balaban J connectivity index is 2.08. The van der Waals surface area contributed by atoms with Crippen LogP contribution < -0.4 is 5.32 Å². The van der Waals surface area contributed by atoms with Crippen LogP contribution in [-0.4, -0.2) is 31.1 Å². The van der Waals surface area contributed by atoms with Gasteiger partial charge in [0.25, 0.3) is 0 Å². The van der Waals surface area contributed by atoms with Crippen molar-refractivity contribution in [2.24, 2.45) is 11.8 Å². The fraction of sp³-hybridized carbons (Fsp3) is 0.684. The third-order valence-corrected chi connectivity index (χ3v) is 5.11. The second kappa shape index (κ2) is 7.42. The standard InChI is InChI=1S/C19H32N2/c1-6-20-19(18-8-7-14(2)11-16(18)4)13-21-10-9-15(3)17(5)12-21/h7-8,11,15,17,19-20H,6,9-10,12-13H2,1-5H3. The van der Waals surface area contributed by atoms with E-state index < -0.39 is 0 Å². The summed E-state index contributed by atoms with van der Waals surface area (Å²) < 4.78 is 0. The number of nitrogens with one attached hydrogen (secondary N) is 1. The van der Waals surface area contributed by atoms with Crippen molar-refractivity contribution < 1.29 is 0 Å². The van der Waals surface area contributed by atoms with Crippen LogP contribution in [0.25, 0.3) is 0 Å². The van der Waals surface area contributed by atoms with Crippen LogP contribution in [0, 0.1) is 25.7 Å². The molecule has 1 N–H and O–H groups in total. The summed E-state index contributed by atoms with van der Waals surface area (Å²) in [6.07, 6.45) is 1.34. The second-order valence-corrected chi connectivity index (χ2v) is 6.97. The van der Waals surface area contributed by atoms with E-state index in [1.165, 1.54) is 36.2 Å². The topological polar surface area (TPSA) is 15.3 Å². The Kier molecular flexibility index (Phi) is 5.83. The SMILES string of the molecule is CCNC(CN1CCC(C)C(C)C1)c1ccc(C)cc1C. The molecule has 0 saturated carbocycles. The number of hydrogen-bond acceptors (Lipinski definition) is 2. The van der Waals surface area contributed by atoms with Gasteiger partial charge in [-0.25, -0.2) is 0 Å². The maximum absolute atomic E-state index is 3.69. The van der Waals surface area contributed by atoms with Crippen molar-refractivity contribution in [3.63, 3.8) is 0 Å². The van der Waals surface area contributed by atoms with Crippen LogP contribution in [0.2, 0.25) is 0 Å². The van der Waals surface area contributed by atoms with Crippen molar-refractivity contribution in [1.29, 1.82) is 0 Å². The highest BCUT2D eigenvalue weighted by molar-refractivity contribution is 5.33. The van der Waals surface area contributed by atoms with Crippen molar-refractivity contribution in [3.8, 4) is 0 Å². The smallest absolute Gasteiger partial charge is 0.0451 e. The molecule has 21 heavy (non-hydrogen) atoms. The van der Waals surface area contributed by atoms with Crippen LogP contribution in [0.1, 0.15) is 49.9 Å². The summed E-state index contributed by atoms with van der Waals surface area (Å²) in [7, 11) is 0. The molecule has 0 bridgehead atoms. The maximum atomic E-state index is 3.69. The molecule has 3 atom stereocenters. The molecule has 0 aliphatic carbocycles. The Hall–Kier alpha value is -0.860. The molecular weight excluding hydrogens is 256 g/mol. The van der Waals surface area contributed by atoms with Crippen LogP contribution in [0.4, 0.5) is 0 Å². The van der Waals surface area contributed by atoms with Gasteiger partial charge in [-0.1, -0.05) is 44.5 Å². The first-order valence-corrected chi connectivity index (χ1v) is 8.54. The molecule has 118 valence electrons. The number of likely N-dealkylation sites (tertiary alicyclic amines) is 1. The van der Waals surface area contributed by atoms with E-state index in [1.54, 1.807) is 0 Å². The van der Waals surface area contributed by atoms with Crippen LogP contribution in [0.15, 0.2) is 18.2 Å². The highest BCUT2D eigenvalue weighted by atomic mass is 15.2. The van der Waals surface area contributed by atoms with E-state index >= 15 is 0 Å². The van der Waals surface area contributed by atoms with Gasteiger partial charge < -0.3 is 10.2 Å². The first-order chi connectivity index (χ1) is 10.0. The van der Waals surface area contributed by atoms with Gasteiger partial charge in [0.15, 0.2) is 0 Å². The Morgan fingerprint density at radius 1 is 1.24 bits per heavy atom. The van der Waals surface area contributed by atoms with E-state index in [0.717, 1.165) is 24.9 Å². The minimum atomic E-state index is 0.455. The number of hydrogen-bond donors (Lipinski definition) is 1. The molecule has 2 heteroatoms. The van der Waals surface area contributed by atoms with E-state index in [2.05, 4.69) is 63.0 Å². The van der Waals surface area contributed by atoms with Crippen LogP contribution >= 0.6 is 0 Å². The van der Waals surface area contributed by atoms with Crippen molar-refractivity contribution >= 4 is 0 Å². The Morgan fingerprint density at radius 3 is 2.62 bits per heavy atom. The van der Waals surface area contributed by atoms with Crippen molar-refractivity contribution in [3.05, 3.63) is 34.9 Å². The molecule has 3 unspecified atom stereocenters. The number of piperidine rings is 1. The normalized spacial score (nSPS) is 25.0. The zero-order chi connectivity index (χ0) is 15.4. The summed E-state index contributed by atoms with van der Waals surface area (Å²) in [6.45, 7) is 16.1. The number of rotatable bonds is 5. The van der Waals surface area contributed by atoms with E-state index in [-0.39, 0.29) is 0 Å². The third-order valence-electron chi connectivity index (χ3n) is 5.11. The molecule has 1 heterocycles. The quantitative estimate of drug-likeness (QED) is 0.883. The van der Waals surface area contributed by atoms with Crippen molar-refractivity contribution in [1.82, 2.24) is 10.2 Å². The summed E-state index contributed by atoms with van der Waals surface area (Å²) in [6, 6.07) is 7.32. The van der Waals surface area contributed by atoms with Crippen LogP contribution in [-0.2, 0) is 0 Å². The molecule has 1 aromatic carbocycles. The van der Waals surface area contributed by atoms with Crippen LogP contribution in [0.3, 0.4) is 0 Å². The summed E-state index contributed by atoms with van der Waals surface area (Å²) >= 11 is 0. The Labute approximate surface area is 130 Å². The van der Waals surface area contributed by atoms with Gasteiger partial charge >= 0.3 is 0 Å². The third kappa shape index (κ3) is 4.31. The molecule has 1 aromatic rings. The van der Waals surface area contributed by atoms with Gasteiger partial charge in [0, 0.05) is 19.1 Å². The molecule has 0 amide bonds. The number of benzene rings is 1. The molecule has 1 fully saturated rings. The molecule has 1 saturated heterocycles. The lowest BCUT2D eigenvalue weighted by atomic mass is 9.88. The van der Waals surface area contributed by atoms with Crippen molar-refractivity contribution in [2.45, 2.75) is 47.1 Å². The van der Waals surface area contributed by atoms with Gasteiger partial charge in [0.2, 0.25) is 0 Å². The largest absolute Gasteiger partial charge is 0.309 e. The van der Waals surface area contributed by atoms with Gasteiger partial charge in [-0.2, -0.15) is 0 Å². The lowest BCUT2D eigenvalue weighted by molar-refractivity contribution is 0.127. The van der Waals surface area contributed by atoms with E-state index in [4.69, 9.17) is 0 Å². The molecule has 1 aliphatic heterocycles. The fourth-order valence-corrected chi connectivity index (χ4v) is 3.51. The fourth-order valence-electron chi connectivity index (χ4n) is 3.51. The zero-order valence-electron chi connectivity index (χ0n) is 14.4. The van der Waals surface area contributed by atoms with E-state index in [0.29, 0.717) is 6.04 Å². The summed E-state index contributed by atoms with van der Waals surface area (Å²) in [5, 5.41) is 3.69. The number of likely N-dealkylation sites (N-methyl/N-ethyl adjacent to an activating group) is 1. The number of aryl methyl sites for hydroxylation is 2. The predicted octanol–water partition coefficient (Wildman–Crippen LogP) is 3.93. The maximum Gasteiger partial charge on any atom is 0.0451 e. The molecule has 2 rings (SSSR count). The molecule has 0 aromatic heterocycles. The average molecular weight is 288 g/mol. The zero-order valence-corrected chi connectivity index (χ0v) is 14.4. The number of nitrogens with zero attached hydrogens (tertiary/aromatic N) is 1. The van der Waals surface area contributed by atoms with Gasteiger partial charge in [0.1, 0.15) is 0 Å². The average Bonchev–Trinajstić information content (AvgIpc) is 2.42. The summed E-state index contributed by atoms with van der Waals surface area (Å²) in [4.78, 5) is 2.65. The molecule has 1 aliphatic rings. The van der Waals surface area contributed by atoms with Crippen LogP contribution in [0.5, 0.6) is 0 Å². The monoisotopic (exact) mass is 288 g/mol. The summed E-state index contributed by atoms with van der Waals surface area (Å²) in [5.41, 5.74) is 4.24. The summed E-state index contributed by atoms with van der Waals surface area (Å²) in [5.74, 6) is 1.69. The highest BCUT2D eigenvalue weighted by Crippen LogP contribution is 2.26. The van der Waals surface area contributed by atoms with Gasteiger partial charge in [-0.15, -0.1) is 0 Å². The molecule has 2 nitrogen and oxygen atoms in total. The lowest BCUT2D eigenvalue weighted by Gasteiger charge is -2.37. The lowest BCUT2D eigenvalue weighted by Crippen LogP contribution is -2.43. The molecule has 0 spiro atoms. The predicted molar refractivity (Wildman–Crippen MR) is 91.7 cm³/mol. The highest BCUT2D eigenvalue weighted by Gasteiger charge is 2.25. The van der Waals surface area contributed by atoms with Crippen molar-refractivity contribution in [2.75, 3.05) is 26.2 Å². The minimum absolute atomic E-state index is 0.455.